The molecule has 0 aliphatic carbocycles. The SMILES string of the molecule is Cc1ccc(NC(=O)C(Sc2ccc(NC(=S)Nc3ccccc3)cc2)c2ccccc2)cc1. The molecule has 3 N–H and O–H groups in total. The van der Waals surface area contributed by atoms with Gasteiger partial charge in [0.25, 0.3) is 0 Å². The van der Waals surface area contributed by atoms with Crippen molar-refractivity contribution < 1.29 is 4.79 Å². The molecule has 4 nitrogen and oxygen atoms in total. The van der Waals surface area contributed by atoms with Gasteiger partial charge in [0.15, 0.2) is 5.11 Å². The number of aryl methyl sites for hydroxylation is 1. The highest BCUT2D eigenvalue weighted by atomic mass is 32.2. The van der Waals surface area contributed by atoms with Crippen molar-refractivity contribution in [1.29, 1.82) is 0 Å². The van der Waals surface area contributed by atoms with Gasteiger partial charge in [0.2, 0.25) is 5.91 Å². The van der Waals surface area contributed by atoms with Crippen LogP contribution in [-0.2, 0) is 4.79 Å². The quantitative estimate of drug-likeness (QED) is 0.191. The number of rotatable bonds is 7. The number of anilines is 3. The van der Waals surface area contributed by atoms with Crippen LogP contribution in [0.4, 0.5) is 17.1 Å². The molecule has 6 heteroatoms. The first kappa shape index (κ1) is 23.5. The average Bonchev–Trinajstić information content (AvgIpc) is 2.86. The third kappa shape index (κ3) is 6.70. The fraction of sp³-hybridized carbons (Fsp3) is 0.0714. The third-order valence-corrected chi connectivity index (χ3v) is 6.53. The standard InChI is InChI=1S/C28H25N3OS2/c1-20-12-14-23(15-13-20)29-27(32)26(21-8-4-2-5-9-21)34-25-18-16-24(17-19-25)31-28(33)30-22-10-6-3-7-11-22/h2-19,26H,1H3,(H,29,32)(H2,30,31,33). The molecular weight excluding hydrogens is 458 g/mol. The lowest BCUT2D eigenvalue weighted by Crippen LogP contribution is -2.19. The molecule has 1 amide bonds. The normalized spacial score (nSPS) is 11.3. The minimum atomic E-state index is -0.387. The Morgan fingerprint density at radius 2 is 1.18 bits per heavy atom. The zero-order valence-corrected chi connectivity index (χ0v) is 20.3. The fourth-order valence-corrected chi connectivity index (χ4v) is 4.57. The molecule has 0 fully saturated rings. The molecule has 0 saturated carbocycles. The second kappa shape index (κ2) is 11.5. The predicted octanol–water partition coefficient (Wildman–Crippen LogP) is 7.28. The number of carbonyl (C=O) groups excluding carboxylic acids is 1. The highest BCUT2D eigenvalue weighted by molar-refractivity contribution is 8.00. The van der Waals surface area contributed by atoms with E-state index in [4.69, 9.17) is 12.2 Å². The Balaban J connectivity index is 1.44. The highest BCUT2D eigenvalue weighted by Gasteiger charge is 2.22. The number of hydrogen-bond acceptors (Lipinski definition) is 3. The van der Waals surface area contributed by atoms with Crippen LogP contribution < -0.4 is 16.0 Å². The van der Waals surface area contributed by atoms with Gasteiger partial charge in [-0.3, -0.25) is 4.79 Å². The van der Waals surface area contributed by atoms with Crippen LogP contribution >= 0.6 is 24.0 Å². The molecule has 1 atom stereocenters. The molecule has 0 aromatic heterocycles. The summed E-state index contributed by atoms with van der Waals surface area (Å²) in [5, 5.41) is 9.54. The number of para-hydroxylation sites is 1. The summed E-state index contributed by atoms with van der Waals surface area (Å²) < 4.78 is 0. The Kier molecular flexibility index (Phi) is 7.96. The van der Waals surface area contributed by atoms with Gasteiger partial charge in [0.05, 0.1) is 0 Å². The lowest BCUT2D eigenvalue weighted by molar-refractivity contribution is -0.115. The predicted molar refractivity (Wildman–Crippen MR) is 148 cm³/mol. The molecule has 0 aliphatic rings. The van der Waals surface area contributed by atoms with E-state index in [2.05, 4.69) is 16.0 Å². The van der Waals surface area contributed by atoms with E-state index in [9.17, 15) is 4.79 Å². The molecular formula is C28H25N3OS2. The minimum absolute atomic E-state index is 0.0597. The Morgan fingerprint density at radius 1 is 0.676 bits per heavy atom. The number of carbonyl (C=O) groups is 1. The molecule has 0 radical (unpaired) electrons. The van der Waals surface area contributed by atoms with E-state index in [0.717, 1.165) is 33.1 Å². The van der Waals surface area contributed by atoms with E-state index in [1.165, 1.54) is 11.8 Å². The van der Waals surface area contributed by atoms with E-state index in [1.54, 1.807) is 0 Å². The molecule has 0 aliphatic heterocycles. The third-order valence-electron chi connectivity index (χ3n) is 5.06. The Hall–Kier alpha value is -3.61. The fourth-order valence-electron chi connectivity index (χ4n) is 3.31. The molecule has 170 valence electrons. The van der Waals surface area contributed by atoms with Gasteiger partial charge in [0, 0.05) is 22.0 Å². The van der Waals surface area contributed by atoms with Crippen molar-refractivity contribution in [3.63, 3.8) is 0 Å². The maximum absolute atomic E-state index is 13.2. The number of hydrogen-bond donors (Lipinski definition) is 3. The van der Waals surface area contributed by atoms with Crippen molar-refractivity contribution in [2.24, 2.45) is 0 Å². The van der Waals surface area contributed by atoms with Crippen molar-refractivity contribution in [3.05, 3.63) is 120 Å². The highest BCUT2D eigenvalue weighted by Crippen LogP contribution is 2.36. The minimum Gasteiger partial charge on any atom is -0.332 e. The first-order valence-electron chi connectivity index (χ1n) is 10.9. The van der Waals surface area contributed by atoms with Crippen LogP contribution in [0.2, 0.25) is 0 Å². The maximum atomic E-state index is 13.2. The van der Waals surface area contributed by atoms with Gasteiger partial charge in [-0.15, -0.1) is 11.8 Å². The molecule has 0 spiro atoms. The zero-order valence-electron chi connectivity index (χ0n) is 18.7. The molecule has 4 aromatic rings. The van der Waals surface area contributed by atoms with E-state index in [-0.39, 0.29) is 11.2 Å². The summed E-state index contributed by atoms with van der Waals surface area (Å²) in [6, 6.07) is 35.3. The van der Waals surface area contributed by atoms with Crippen molar-refractivity contribution in [2.45, 2.75) is 17.1 Å². The summed E-state index contributed by atoms with van der Waals surface area (Å²) in [5.41, 5.74) is 4.69. The molecule has 0 bridgehead atoms. The van der Waals surface area contributed by atoms with E-state index in [0.29, 0.717) is 5.11 Å². The van der Waals surface area contributed by atoms with Crippen LogP contribution in [0.5, 0.6) is 0 Å². The molecule has 4 rings (SSSR count). The monoisotopic (exact) mass is 483 g/mol. The maximum Gasteiger partial charge on any atom is 0.242 e. The van der Waals surface area contributed by atoms with Crippen molar-refractivity contribution in [2.75, 3.05) is 16.0 Å². The molecule has 1 unspecified atom stereocenters. The van der Waals surface area contributed by atoms with Gasteiger partial charge in [0.1, 0.15) is 5.25 Å². The summed E-state index contributed by atoms with van der Waals surface area (Å²) in [6.07, 6.45) is 0. The first-order valence-corrected chi connectivity index (χ1v) is 12.2. The number of amides is 1. The van der Waals surface area contributed by atoms with Gasteiger partial charge in [-0.2, -0.15) is 0 Å². The van der Waals surface area contributed by atoms with Gasteiger partial charge in [-0.25, -0.2) is 0 Å². The number of benzene rings is 4. The van der Waals surface area contributed by atoms with Crippen LogP contribution in [0.3, 0.4) is 0 Å². The number of thiocarbonyl (C=S) groups is 1. The van der Waals surface area contributed by atoms with Crippen LogP contribution in [0.25, 0.3) is 0 Å². The van der Waals surface area contributed by atoms with Crippen LogP contribution in [0, 0.1) is 6.92 Å². The van der Waals surface area contributed by atoms with Gasteiger partial charge in [-0.1, -0.05) is 66.2 Å². The first-order chi connectivity index (χ1) is 16.6. The second-order valence-corrected chi connectivity index (χ2v) is 9.32. The lowest BCUT2D eigenvalue weighted by atomic mass is 10.1. The zero-order chi connectivity index (χ0) is 23.8. The Labute approximate surface area is 209 Å². The summed E-state index contributed by atoms with van der Waals surface area (Å²) in [7, 11) is 0. The summed E-state index contributed by atoms with van der Waals surface area (Å²) in [5.74, 6) is -0.0597. The molecule has 4 aromatic carbocycles. The van der Waals surface area contributed by atoms with E-state index in [1.807, 2.05) is 116 Å². The van der Waals surface area contributed by atoms with Gasteiger partial charge < -0.3 is 16.0 Å². The second-order valence-electron chi connectivity index (χ2n) is 7.73. The number of thioether (sulfide) groups is 1. The van der Waals surface area contributed by atoms with E-state index < -0.39 is 0 Å². The average molecular weight is 484 g/mol. The van der Waals surface area contributed by atoms with E-state index >= 15 is 0 Å². The van der Waals surface area contributed by atoms with Crippen molar-refractivity contribution in [1.82, 2.24) is 0 Å². The van der Waals surface area contributed by atoms with Crippen molar-refractivity contribution in [3.8, 4) is 0 Å². The topological polar surface area (TPSA) is 53.2 Å². The van der Waals surface area contributed by atoms with Crippen LogP contribution in [0.15, 0.2) is 114 Å². The van der Waals surface area contributed by atoms with Crippen molar-refractivity contribution >= 4 is 52.1 Å². The Bertz CT molecular complexity index is 1230. The summed E-state index contributed by atoms with van der Waals surface area (Å²) in [4.78, 5) is 14.2. The van der Waals surface area contributed by atoms with Gasteiger partial charge in [-0.05, 0) is 73.2 Å². The molecule has 0 saturated heterocycles. The molecule has 34 heavy (non-hydrogen) atoms. The van der Waals surface area contributed by atoms with Gasteiger partial charge >= 0.3 is 0 Å². The lowest BCUT2D eigenvalue weighted by Gasteiger charge is -2.18. The smallest absolute Gasteiger partial charge is 0.242 e. The largest absolute Gasteiger partial charge is 0.332 e. The van der Waals surface area contributed by atoms with Crippen LogP contribution in [-0.4, -0.2) is 11.0 Å². The molecule has 0 heterocycles. The Morgan fingerprint density at radius 3 is 1.79 bits per heavy atom. The summed E-state index contributed by atoms with van der Waals surface area (Å²) in [6.45, 7) is 2.02. The number of nitrogens with one attached hydrogen (secondary N) is 3. The summed E-state index contributed by atoms with van der Waals surface area (Å²) >= 11 is 6.92. The van der Waals surface area contributed by atoms with Crippen LogP contribution in [0.1, 0.15) is 16.4 Å².